The van der Waals surface area contributed by atoms with Crippen molar-refractivity contribution in [2.75, 3.05) is 11.9 Å². The molecular formula is C24H27N5O3. The van der Waals surface area contributed by atoms with Crippen molar-refractivity contribution < 1.29 is 14.4 Å². The van der Waals surface area contributed by atoms with Crippen molar-refractivity contribution in [1.29, 1.82) is 0 Å². The summed E-state index contributed by atoms with van der Waals surface area (Å²) in [5.74, 6) is -0.983. The quantitative estimate of drug-likeness (QED) is 0.401. The zero-order valence-corrected chi connectivity index (χ0v) is 17.7. The Labute approximate surface area is 186 Å². The lowest BCUT2D eigenvalue weighted by atomic mass is 10.0. The van der Waals surface area contributed by atoms with Gasteiger partial charge >= 0.3 is 0 Å². The van der Waals surface area contributed by atoms with Crippen LogP contribution in [-0.2, 0) is 27.2 Å². The van der Waals surface area contributed by atoms with Crippen molar-refractivity contribution in [2.45, 2.75) is 31.7 Å². The van der Waals surface area contributed by atoms with E-state index in [1.807, 2.05) is 60.7 Å². The van der Waals surface area contributed by atoms with E-state index in [1.54, 1.807) is 12.4 Å². The van der Waals surface area contributed by atoms with Crippen LogP contribution in [0.3, 0.4) is 0 Å². The fraction of sp³-hybridized carbons (Fsp3) is 0.250. The van der Waals surface area contributed by atoms with Crippen molar-refractivity contribution in [2.24, 2.45) is 5.73 Å². The summed E-state index contributed by atoms with van der Waals surface area (Å²) in [6, 6.07) is 17.2. The van der Waals surface area contributed by atoms with Gasteiger partial charge in [-0.2, -0.15) is 0 Å². The van der Waals surface area contributed by atoms with Gasteiger partial charge in [-0.25, -0.2) is 4.98 Å². The van der Waals surface area contributed by atoms with E-state index in [-0.39, 0.29) is 19.3 Å². The molecule has 1 aromatic heterocycles. The number of rotatable bonds is 11. The third kappa shape index (κ3) is 6.53. The largest absolute Gasteiger partial charge is 0.368 e. The summed E-state index contributed by atoms with van der Waals surface area (Å²) < 4.78 is 0. The van der Waals surface area contributed by atoms with Crippen molar-refractivity contribution in [1.82, 2.24) is 14.9 Å². The van der Waals surface area contributed by atoms with Crippen LogP contribution in [0.25, 0.3) is 0 Å². The maximum absolute atomic E-state index is 13.2. The summed E-state index contributed by atoms with van der Waals surface area (Å²) >= 11 is 0. The summed E-state index contributed by atoms with van der Waals surface area (Å²) in [6.45, 7) is 0.505. The molecule has 0 aliphatic rings. The molecule has 3 aromatic rings. The van der Waals surface area contributed by atoms with E-state index in [0.29, 0.717) is 18.9 Å². The minimum atomic E-state index is -1.03. The number of imidazole rings is 1. The molecule has 0 saturated heterocycles. The number of carbonyl (C=O) groups excluding carboxylic acids is 3. The molecule has 0 spiro atoms. The molecule has 0 saturated carbocycles. The second-order valence-electron chi connectivity index (χ2n) is 7.41. The second kappa shape index (κ2) is 11.5. The summed E-state index contributed by atoms with van der Waals surface area (Å²) in [6.07, 6.45) is 4.11. The molecule has 166 valence electrons. The van der Waals surface area contributed by atoms with Crippen LogP contribution in [0.4, 0.5) is 5.95 Å². The molecule has 3 amide bonds. The third-order valence-corrected chi connectivity index (χ3v) is 5.02. The van der Waals surface area contributed by atoms with Gasteiger partial charge in [-0.15, -0.1) is 0 Å². The Morgan fingerprint density at radius 2 is 1.50 bits per heavy atom. The van der Waals surface area contributed by atoms with E-state index in [2.05, 4.69) is 15.3 Å². The van der Waals surface area contributed by atoms with Gasteiger partial charge in [0.05, 0.1) is 12.8 Å². The number of hydrogen-bond acceptors (Lipinski definition) is 5. The summed E-state index contributed by atoms with van der Waals surface area (Å²) in [4.78, 5) is 46.7. The highest BCUT2D eigenvalue weighted by Crippen LogP contribution is 2.14. The van der Waals surface area contributed by atoms with Crippen LogP contribution < -0.4 is 11.1 Å². The van der Waals surface area contributed by atoms with Gasteiger partial charge in [0, 0.05) is 18.9 Å². The molecule has 0 fully saturated rings. The number of amides is 3. The molecular weight excluding hydrogens is 406 g/mol. The maximum Gasteiger partial charge on any atom is 0.240 e. The standard InChI is InChI=1S/C24H27N5O3/c25-23(32)20(12-7-13-26-24-27-14-15-28-24)29(21(30)16-18-8-3-1-4-9-18)22(31)17-19-10-5-2-6-11-19/h1-6,8-11,14-15,20H,7,12-13,16-17H2,(H2,25,32)(H2,26,27,28). The number of nitrogens with zero attached hydrogens (tertiary/aromatic N) is 2. The van der Waals surface area contributed by atoms with Gasteiger partial charge in [0.2, 0.25) is 17.7 Å². The number of hydrogen-bond donors (Lipinski definition) is 3. The Morgan fingerprint density at radius 1 is 0.938 bits per heavy atom. The first kappa shape index (κ1) is 22.7. The smallest absolute Gasteiger partial charge is 0.240 e. The molecule has 2 aromatic carbocycles. The minimum Gasteiger partial charge on any atom is -0.368 e. The van der Waals surface area contributed by atoms with Gasteiger partial charge in [0.15, 0.2) is 5.95 Å². The van der Waals surface area contributed by atoms with Crippen molar-refractivity contribution in [3.63, 3.8) is 0 Å². The number of carbonyl (C=O) groups is 3. The predicted octanol–water partition coefficient (Wildman–Crippen LogP) is 2.30. The van der Waals surface area contributed by atoms with Crippen LogP contribution in [0, 0.1) is 0 Å². The molecule has 4 N–H and O–H groups in total. The number of primary amides is 1. The van der Waals surface area contributed by atoms with Gasteiger partial charge in [-0.05, 0) is 24.0 Å². The number of anilines is 1. The van der Waals surface area contributed by atoms with Crippen LogP contribution in [0.2, 0.25) is 0 Å². The molecule has 32 heavy (non-hydrogen) atoms. The number of nitrogens with one attached hydrogen (secondary N) is 2. The normalized spacial score (nSPS) is 11.5. The highest BCUT2D eigenvalue weighted by Gasteiger charge is 2.33. The van der Waals surface area contributed by atoms with Gasteiger partial charge in [-0.3, -0.25) is 19.3 Å². The highest BCUT2D eigenvalue weighted by atomic mass is 16.2. The van der Waals surface area contributed by atoms with E-state index in [4.69, 9.17) is 5.73 Å². The summed E-state index contributed by atoms with van der Waals surface area (Å²) in [5.41, 5.74) is 7.18. The van der Waals surface area contributed by atoms with E-state index >= 15 is 0 Å². The average molecular weight is 434 g/mol. The summed E-state index contributed by atoms with van der Waals surface area (Å²) in [7, 11) is 0. The van der Waals surface area contributed by atoms with Crippen LogP contribution in [0.5, 0.6) is 0 Å². The molecule has 1 heterocycles. The minimum absolute atomic E-state index is 0.00972. The Morgan fingerprint density at radius 3 is 1.97 bits per heavy atom. The third-order valence-electron chi connectivity index (χ3n) is 5.02. The number of aromatic amines is 1. The van der Waals surface area contributed by atoms with Gasteiger partial charge in [0.1, 0.15) is 6.04 Å². The first-order valence-corrected chi connectivity index (χ1v) is 10.5. The molecule has 0 aliphatic carbocycles. The molecule has 0 aliphatic heterocycles. The van der Waals surface area contributed by atoms with Crippen molar-refractivity contribution >= 4 is 23.7 Å². The van der Waals surface area contributed by atoms with Crippen LogP contribution in [0.15, 0.2) is 73.1 Å². The van der Waals surface area contributed by atoms with Gasteiger partial charge in [-0.1, -0.05) is 60.7 Å². The van der Waals surface area contributed by atoms with Gasteiger partial charge in [0.25, 0.3) is 0 Å². The SMILES string of the molecule is NC(=O)C(CCCNc1ncc[nH]1)N(C(=O)Cc1ccccc1)C(=O)Cc1ccccc1. The number of benzene rings is 2. The lowest BCUT2D eigenvalue weighted by molar-refractivity contribution is -0.151. The average Bonchev–Trinajstić information content (AvgIpc) is 3.30. The molecule has 1 unspecified atom stereocenters. The Balaban J connectivity index is 1.74. The number of imide groups is 1. The monoisotopic (exact) mass is 433 g/mol. The van der Waals surface area contributed by atoms with E-state index in [9.17, 15) is 14.4 Å². The van der Waals surface area contributed by atoms with Crippen LogP contribution in [-0.4, -0.2) is 45.2 Å². The molecule has 0 bridgehead atoms. The number of aromatic nitrogens is 2. The fourth-order valence-electron chi connectivity index (χ4n) is 3.46. The van der Waals surface area contributed by atoms with E-state index in [0.717, 1.165) is 16.0 Å². The Bertz CT molecular complexity index is 953. The number of nitrogens with two attached hydrogens (primary N) is 1. The number of H-pyrrole nitrogens is 1. The first-order chi connectivity index (χ1) is 15.5. The lowest BCUT2D eigenvalue weighted by Gasteiger charge is -2.28. The molecule has 8 nitrogen and oxygen atoms in total. The first-order valence-electron chi connectivity index (χ1n) is 10.5. The molecule has 1 atom stereocenters. The fourth-order valence-corrected chi connectivity index (χ4v) is 3.46. The van der Waals surface area contributed by atoms with E-state index < -0.39 is 23.8 Å². The Kier molecular flexibility index (Phi) is 8.14. The molecule has 3 rings (SSSR count). The highest BCUT2D eigenvalue weighted by molar-refractivity contribution is 6.01. The lowest BCUT2D eigenvalue weighted by Crippen LogP contribution is -2.52. The van der Waals surface area contributed by atoms with Crippen LogP contribution >= 0.6 is 0 Å². The zero-order chi connectivity index (χ0) is 22.8. The van der Waals surface area contributed by atoms with E-state index in [1.165, 1.54) is 0 Å². The molecule has 8 heteroatoms. The van der Waals surface area contributed by atoms with Crippen molar-refractivity contribution in [3.05, 3.63) is 84.2 Å². The zero-order valence-electron chi connectivity index (χ0n) is 17.7. The predicted molar refractivity (Wildman–Crippen MR) is 121 cm³/mol. The van der Waals surface area contributed by atoms with Crippen LogP contribution in [0.1, 0.15) is 24.0 Å². The topological polar surface area (TPSA) is 121 Å². The maximum atomic E-state index is 13.2. The van der Waals surface area contributed by atoms with Crippen molar-refractivity contribution in [3.8, 4) is 0 Å². The Hall–Kier alpha value is -3.94. The summed E-state index contributed by atoms with van der Waals surface area (Å²) in [5, 5.41) is 3.09. The van der Waals surface area contributed by atoms with Gasteiger partial charge < -0.3 is 16.0 Å². The molecule has 0 radical (unpaired) electrons. The second-order valence-corrected chi connectivity index (χ2v) is 7.41.